The number of ether oxygens (including phenoxy) is 1. The number of carbonyl (C=O) groups excluding carboxylic acids is 1. The van der Waals surface area contributed by atoms with E-state index in [-0.39, 0.29) is 22.9 Å². The molecule has 5 rings (SSSR count). The lowest BCUT2D eigenvalue weighted by Crippen LogP contribution is -2.43. The molecule has 0 bridgehead atoms. The van der Waals surface area contributed by atoms with Gasteiger partial charge in [0.05, 0.1) is 24.1 Å². The van der Waals surface area contributed by atoms with Gasteiger partial charge >= 0.3 is 5.97 Å². The highest BCUT2D eigenvalue weighted by atomic mass is 32.2. The summed E-state index contributed by atoms with van der Waals surface area (Å²) >= 11 is 0. The molecule has 34 heavy (non-hydrogen) atoms. The highest BCUT2D eigenvalue weighted by Gasteiger charge is 2.41. The number of esters is 1. The molecule has 2 aromatic rings. The largest absolute Gasteiger partial charge is 0.457 e. The first-order valence-corrected chi connectivity index (χ1v) is 13.5. The third-order valence-electron chi connectivity index (χ3n) is 7.68. The Morgan fingerprint density at radius 2 is 1.82 bits per heavy atom. The van der Waals surface area contributed by atoms with Crippen LogP contribution in [0.15, 0.2) is 29.4 Å². The molecule has 4 heterocycles. The Morgan fingerprint density at radius 3 is 2.50 bits per heavy atom. The van der Waals surface area contributed by atoms with E-state index in [0.29, 0.717) is 18.1 Å². The van der Waals surface area contributed by atoms with Crippen LogP contribution in [0.4, 0.5) is 5.95 Å². The van der Waals surface area contributed by atoms with Crippen LogP contribution in [0.25, 0.3) is 0 Å². The number of carbonyl (C=O) groups is 1. The second-order valence-electron chi connectivity index (χ2n) is 9.86. The minimum absolute atomic E-state index is 0.134. The lowest BCUT2D eigenvalue weighted by atomic mass is 9.77. The van der Waals surface area contributed by atoms with Gasteiger partial charge in [0.15, 0.2) is 9.84 Å². The van der Waals surface area contributed by atoms with E-state index in [1.807, 2.05) is 13.0 Å². The van der Waals surface area contributed by atoms with Crippen LogP contribution in [0, 0.1) is 12.3 Å². The summed E-state index contributed by atoms with van der Waals surface area (Å²) in [5, 5.41) is 10.9. The number of β-amino-alcohol motifs (C(OH)–C–C–N with tert-alkyl or cyclic N) is 1. The predicted octanol–water partition coefficient (Wildman–Crippen LogP) is 1.88. The van der Waals surface area contributed by atoms with Crippen LogP contribution < -0.4 is 4.90 Å². The number of aliphatic hydroxyl groups is 1. The zero-order valence-electron chi connectivity index (χ0n) is 19.5. The molecule has 0 aliphatic carbocycles. The monoisotopic (exact) mass is 486 g/mol. The molecule has 0 radical (unpaired) electrons. The summed E-state index contributed by atoms with van der Waals surface area (Å²) in [7, 11) is -3.31. The standard InChI is InChI=1S/C24H30N4O5S/c1-16-18(3-4-19-20(16)14-33-22(19)30)21(29)13-27-8-5-24(6-9-27)7-10-28(15-24)23-25-11-17(12-26-23)34(2,31)32/h3-4,11-12,21,29H,5-10,13-15H2,1-2H3. The van der Waals surface area contributed by atoms with Gasteiger partial charge in [-0.2, -0.15) is 0 Å². The van der Waals surface area contributed by atoms with E-state index in [2.05, 4.69) is 19.8 Å². The first kappa shape index (κ1) is 23.2. The molecule has 1 atom stereocenters. The molecule has 3 aliphatic heterocycles. The Hall–Kier alpha value is -2.56. The lowest BCUT2D eigenvalue weighted by molar-refractivity contribution is 0.0534. The van der Waals surface area contributed by atoms with Crippen LogP contribution in [0.1, 0.15) is 52.4 Å². The number of nitrogens with zero attached hydrogens (tertiary/aromatic N) is 4. The number of anilines is 1. The maximum absolute atomic E-state index is 11.8. The third-order valence-corrected chi connectivity index (χ3v) is 8.75. The number of sulfone groups is 1. The van der Waals surface area contributed by atoms with Gasteiger partial charge in [-0.1, -0.05) is 6.07 Å². The van der Waals surface area contributed by atoms with Crippen molar-refractivity contribution in [3.05, 3.63) is 46.8 Å². The molecule has 1 aromatic heterocycles. The van der Waals surface area contributed by atoms with Gasteiger partial charge < -0.3 is 19.6 Å². The average molecular weight is 487 g/mol. The normalized spacial score (nSPS) is 21.0. The Labute approximate surface area is 199 Å². The van der Waals surface area contributed by atoms with Crippen molar-refractivity contribution in [2.24, 2.45) is 5.41 Å². The van der Waals surface area contributed by atoms with Crippen molar-refractivity contribution < 1.29 is 23.1 Å². The molecular formula is C24H30N4O5S. The summed E-state index contributed by atoms with van der Waals surface area (Å²) in [4.78, 5) is 25.0. The van der Waals surface area contributed by atoms with E-state index >= 15 is 0 Å². The number of aliphatic hydroxyl groups excluding tert-OH is 1. The maximum atomic E-state index is 11.8. The molecule has 2 saturated heterocycles. The molecule has 10 heteroatoms. The van der Waals surface area contributed by atoms with Gasteiger partial charge in [-0.15, -0.1) is 0 Å². The van der Waals surface area contributed by atoms with Gasteiger partial charge in [0.2, 0.25) is 5.95 Å². The molecule has 9 nitrogen and oxygen atoms in total. The van der Waals surface area contributed by atoms with Crippen molar-refractivity contribution in [3.8, 4) is 0 Å². The molecule has 0 saturated carbocycles. The van der Waals surface area contributed by atoms with Crippen LogP contribution in [-0.4, -0.2) is 73.3 Å². The summed E-state index contributed by atoms with van der Waals surface area (Å²) in [5.41, 5.74) is 3.49. The van der Waals surface area contributed by atoms with Crippen molar-refractivity contribution in [3.63, 3.8) is 0 Å². The molecule has 3 aliphatic rings. The Morgan fingerprint density at radius 1 is 1.15 bits per heavy atom. The summed E-state index contributed by atoms with van der Waals surface area (Å²) in [6, 6.07) is 3.61. The zero-order valence-corrected chi connectivity index (χ0v) is 20.3. The number of likely N-dealkylation sites (tertiary alicyclic amines) is 1. The number of fused-ring (bicyclic) bond motifs is 1. The Balaban J connectivity index is 1.18. The van der Waals surface area contributed by atoms with Gasteiger partial charge in [0.25, 0.3) is 0 Å². The van der Waals surface area contributed by atoms with Crippen LogP contribution >= 0.6 is 0 Å². The second kappa shape index (κ2) is 8.58. The van der Waals surface area contributed by atoms with Gasteiger partial charge in [-0.05, 0) is 61.9 Å². The number of aromatic nitrogens is 2. The first-order valence-electron chi connectivity index (χ1n) is 11.6. The van der Waals surface area contributed by atoms with Crippen molar-refractivity contribution in [1.29, 1.82) is 0 Å². The van der Waals surface area contributed by atoms with E-state index in [1.54, 1.807) is 6.07 Å². The maximum Gasteiger partial charge on any atom is 0.338 e. The van der Waals surface area contributed by atoms with Crippen molar-refractivity contribution in [1.82, 2.24) is 14.9 Å². The van der Waals surface area contributed by atoms with E-state index in [0.717, 1.165) is 68.4 Å². The smallest absolute Gasteiger partial charge is 0.338 e. The van der Waals surface area contributed by atoms with Crippen LogP contribution in [0.2, 0.25) is 0 Å². The van der Waals surface area contributed by atoms with Crippen LogP contribution in [0.5, 0.6) is 0 Å². The minimum Gasteiger partial charge on any atom is -0.457 e. The highest BCUT2D eigenvalue weighted by molar-refractivity contribution is 7.90. The fourth-order valence-corrected chi connectivity index (χ4v) is 5.95. The fraction of sp³-hybridized carbons (Fsp3) is 0.542. The van der Waals surface area contributed by atoms with E-state index in [4.69, 9.17) is 4.74 Å². The Kier molecular flexibility index (Phi) is 5.86. The first-order chi connectivity index (χ1) is 16.2. The van der Waals surface area contributed by atoms with Crippen molar-refractivity contribution in [2.45, 2.75) is 43.8 Å². The van der Waals surface area contributed by atoms with E-state index < -0.39 is 15.9 Å². The molecule has 1 N–H and O–H groups in total. The number of rotatable bonds is 5. The summed E-state index contributed by atoms with van der Waals surface area (Å²) in [5.74, 6) is 0.291. The summed E-state index contributed by atoms with van der Waals surface area (Å²) in [6.45, 7) is 6.32. The second-order valence-corrected chi connectivity index (χ2v) is 11.9. The van der Waals surface area contributed by atoms with Gasteiger partial charge in [0.1, 0.15) is 11.5 Å². The summed E-state index contributed by atoms with van der Waals surface area (Å²) in [6.07, 6.45) is 6.43. The van der Waals surface area contributed by atoms with E-state index in [9.17, 15) is 18.3 Å². The third kappa shape index (κ3) is 4.30. The number of hydrogen-bond acceptors (Lipinski definition) is 9. The predicted molar refractivity (Wildman–Crippen MR) is 125 cm³/mol. The minimum atomic E-state index is -3.31. The van der Waals surface area contributed by atoms with Crippen molar-refractivity contribution in [2.75, 3.05) is 43.9 Å². The molecule has 1 spiro atoms. The van der Waals surface area contributed by atoms with Gasteiger partial charge in [0, 0.05) is 31.5 Å². The fourth-order valence-electron chi connectivity index (χ4n) is 5.46. The molecule has 1 aromatic carbocycles. The summed E-state index contributed by atoms with van der Waals surface area (Å²) < 4.78 is 28.4. The van der Waals surface area contributed by atoms with Crippen molar-refractivity contribution >= 4 is 21.8 Å². The van der Waals surface area contributed by atoms with Gasteiger partial charge in [-0.25, -0.2) is 23.2 Å². The molecular weight excluding hydrogens is 456 g/mol. The van der Waals surface area contributed by atoms with Crippen LogP contribution in [-0.2, 0) is 21.2 Å². The van der Waals surface area contributed by atoms with E-state index in [1.165, 1.54) is 12.4 Å². The Bertz CT molecular complexity index is 1210. The zero-order chi connectivity index (χ0) is 24.1. The molecule has 182 valence electrons. The lowest BCUT2D eigenvalue weighted by Gasteiger charge is -2.40. The topological polar surface area (TPSA) is 113 Å². The number of piperidine rings is 1. The molecule has 1 unspecified atom stereocenters. The quantitative estimate of drug-likeness (QED) is 0.633. The average Bonchev–Trinajstić information content (AvgIpc) is 3.40. The highest BCUT2D eigenvalue weighted by Crippen LogP contribution is 2.41. The number of hydrogen-bond donors (Lipinski definition) is 1. The molecule has 0 amide bonds. The number of cyclic esters (lactones) is 1. The van der Waals surface area contributed by atoms with Gasteiger partial charge in [-0.3, -0.25) is 0 Å². The molecule has 2 fully saturated rings. The number of benzene rings is 1. The SMILES string of the molecule is Cc1c(C(O)CN2CCC3(CC2)CCN(c2ncc(S(C)(=O)=O)cn2)C3)ccc2c1COC2=O. The van der Waals surface area contributed by atoms with Crippen LogP contribution in [0.3, 0.4) is 0 Å².